The number of nitrogens with two attached hydrogens (primary N) is 1. The Labute approximate surface area is 113 Å². The van der Waals surface area contributed by atoms with Gasteiger partial charge in [0.2, 0.25) is 0 Å². The van der Waals surface area contributed by atoms with E-state index in [1.165, 1.54) is 12.1 Å². The minimum absolute atomic E-state index is 0.0612. The molecule has 0 saturated carbocycles. The lowest BCUT2D eigenvalue weighted by atomic mass is 9.98. The predicted octanol–water partition coefficient (Wildman–Crippen LogP) is 1.51. The van der Waals surface area contributed by atoms with Crippen molar-refractivity contribution in [2.75, 3.05) is 20.6 Å². The van der Waals surface area contributed by atoms with Crippen LogP contribution < -0.4 is 5.73 Å². The van der Waals surface area contributed by atoms with E-state index in [4.69, 9.17) is 5.73 Å². The molecule has 3 nitrogen and oxygen atoms in total. The molecule has 3 N–H and O–H groups in total. The SMILES string of the molecule is CN(C)[C@H](CN)C([Si])c1ccc(O)cc1C(F)(F)F. The molecule has 0 fully saturated rings. The highest BCUT2D eigenvalue weighted by atomic mass is 28.1. The van der Waals surface area contributed by atoms with Crippen LogP contribution in [0.5, 0.6) is 5.75 Å². The Morgan fingerprint density at radius 2 is 1.95 bits per heavy atom. The Morgan fingerprint density at radius 3 is 2.37 bits per heavy atom. The Hall–Kier alpha value is -1.05. The van der Waals surface area contributed by atoms with Gasteiger partial charge < -0.3 is 15.7 Å². The number of hydrogen-bond donors (Lipinski definition) is 2. The summed E-state index contributed by atoms with van der Waals surface area (Å²) >= 11 is 0. The highest BCUT2D eigenvalue weighted by Crippen LogP contribution is 2.37. The largest absolute Gasteiger partial charge is 0.508 e. The smallest absolute Gasteiger partial charge is 0.416 e. The van der Waals surface area contributed by atoms with Crippen LogP contribution >= 0.6 is 0 Å². The second-order valence-electron chi connectivity index (χ2n) is 4.51. The van der Waals surface area contributed by atoms with Gasteiger partial charge >= 0.3 is 6.18 Å². The van der Waals surface area contributed by atoms with Crippen molar-refractivity contribution < 1.29 is 18.3 Å². The molecular weight excluding hydrogens is 273 g/mol. The van der Waals surface area contributed by atoms with Crippen LogP contribution in [-0.2, 0) is 6.18 Å². The van der Waals surface area contributed by atoms with Crippen LogP contribution in [0.3, 0.4) is 0 Å². The average Bonchev–Trinajstić information content (AvgIpc) is 2.27. The van der Waals surface area contributed by atoms with Gasteiger partial charge in [-0.25, -0.2) is 0 Å². The maximum atomic E-state index is 13.0. The molecule has 1 unspecified atom stereocenters. The average molecular weight is 289 g/mol. The lowest BCUT2D eigenvalue weighted by molar-refractivity contribution is -0.138. The molecule has 105 valence electrons. The van der Waals surface area contributed by atoms with E-state index in [2.05, 4.69) is 10.2 Å². The van der Waals surface area contributed by atoms with Gasteiger partial charge in [0.15, 0.2) is 0 Å². The van der Waals surface area contributed by atoms with Crippen molar-refractivity contribution in [1.82, 2.24) is 4.90 Å². The van der Waals surface area contributed by atoms with Gasteiger partial charge in [0.25, 0.3) is 0 Å². The first kappa shape index (κ1) is 16.0. The van der Waals surface area contributed by atoms with Gasteiger partial charge in [0, 0.05) is 22.8 Å². The summed E-state index contributed by atoms with van der Waals surface area (Å²) in [5, 5.41) is 9.24. The molecule has 0 aliphatic heterocycles. The van der Waals surface area contributed by atoms with Crippen molar-refractivity contribution in [2.45, 2.75) is 17.8 Å². The molecule has 0 aliphatic carbocycles. The van der Waals surface area contributed by atoms with Crippen molar-refractivity contribution >= 4 is 10.2 Å². The highest BCUT2D eigenvalue weighted by Gasteiger charge is 2.36. The third kappa shape index (κ3) is 3.71. The lowest BCUT2D eigenvalue weighted by Gasteiger charge is -2.30. The molecule has 3 radical (unpaired) electrons. The number of aromatic hydroxyl groups is 1. The van der Waals surface area contributed by atoms with Crippen LogP contribution in [-0.4, -0.2) is 46.9 Å². The fourth-order valence-corrected chi connectivity index (χ4v) is 2.60. The third-order valence-electron chi connectivity index (χ3n) is 2.97. The first-order valence-corrected chi connectivity index (χ1v) is 6.24. The first-order chi connectivity index (χ1) is 8.68. The molecule has 0 bridgehead atoms. The van der Waals surface area contributed by atoms with Gasteiger partial charge in [-0.05, 0) is 37.3 Å². The van der Waals surface area contributed by atoms with Crippen LogP contribution in [0.15, 0.2) is 18.2 Å². The van der Waals surface area contributed by atoms with Crippen molar-refractivity contribution in [1.29, 1.82) is 0 Å². The van der Waals surface area contributed by atoms with E-state index in [-0.39, 0.29) is 18.2 Å². The van der Waals surface area contributed by atoms with E-state index in [1.807, 2.05) is 0 Å². The fraction of sp³-hybridized carbons (Fsp3) is 0.500. The number of phenols is 1. The number of halogens is 3. The Kier molecular flexibility index (Phi) is 5.00. The molecule has 0 aromatic heterocycles. The molecule has 0 spiro atoms. The van der Waals surface area contributed by atoms with E-state index in [1.54, 1.807) is 19.0 Å². The quantitative estimate of drug-likeness (QED) is 0.826. The van der Waals surface area contributed by atoms with Crippen molar-refractivity contribution in [3.63, 3.8) is 0 Å². The molecule has 1 aromatic rings. The van der Waals surface area contributed by atoms with Gasteiger partial charge in [0.1, 0.15) is 5.75 Å². The van der Waals surface area contributed by atoms with Gasteiger partial charge in [0.05, 0.1) is 5.56 Å². The van der Waals surface area contributed by atoms with Gasteiger partial charge in [-0.2, -0.15) is 13.2 Å². The van der Waals surface area contributed by atoms with Gasteiger partial charge in [-0.15, -0.1) is 0 Å². The normalized spacial score (nSPS) is 15.6. The van der Waals surface area contributed by atoms with Crippen molar-refractivity contribution in [3.05, 3.63) is 29.3 Å². The molecule has 0 heterocycles. The topological polar surface area (TPSA) is 49.5 Å². The number of phenolic OH excluding ortho intramolecular Hbond substituents is 1. The Morgan fingerprint density at radius 1 is 1.37 bits per heavy atom. The van der Waals surface area contributed by atoms with Crippen molar-refractivity contribution in [2.24, 2.45) is 5.73 Å². The minimum Gasteiger partial charge on any atom is -0.508 e. The summed E-state index contributed by atoms with van der Waals surface area (Å²) < 4.78 is 38.9. The van der Waals surface area contributed by atoms with Gasteiger partial charge in [-0.3, -0.25) is 0 Å². The van der Waals surface area contributed by atoms with E-state index in [9.17, 15) is 18.3 Å². The second kappa shape index (κ2) is 5.94. The summed E-state index contributed by atoms with van der Waals surface area (Å²) in [7, 11) is 6.83. The molecule has 2 atom stereocenters. The summed E-state index contributed by atoms with van der Waals surface area (Å²) in [6.45, 7) is 0.208. The molecule has 19 heavy (non-hydrogen) atoms. The predicted molar refractivity (Wildman–Crippen MR) is 68.1 cm³/mol. The van der Waals surface area contributed by atoms with E-state index in [0.29, 0.717) is 0 Å². The zero-order valence-electron chi connectivity index (χ0n) is 10.7. The fourth-order valence-electron chi connectivity index (χ4n) is 1.91. The number of likely N-dealkylation sites (N-methyl/N-ethyl adjacent to an activating group) is 1. The number of rotatable bonds is 4. The molecule has 1 aromatic carbocycles. The number of nitrogens with zero attached hydrogens (tertiary/aromatic N) is 1. The molecule has 1 rings (SSSR count). The van der Waals surface area contributed by atoms with Gasteiger partial charge in [-0.1, -0.05) is 6.07 Å². The summed E-state index contributed by atoms with van der Waals surface area (Å²) in [5.41, 5.74) is 4.22. The number of hydrogen-bond acceptors (Lipinski definition) is 3. The summed E-state index contributed by atoms with van der Waals surface area (Å²) in [6, 6.07) is 2.94. The third-order valence-corrected chi connectivity index (χ3v) is 3.66. The van der Waals surface area contributed by atoms with Crippen LogP contribution in [0, 0.1) is 0 Å². The maximum absolute atomic E-state index is 13.0. The summed E-state index contributed by atoms with van der Waals surface area (Å²) in [4.78, 5) is 1.75. The first-order valence-electron chi connectivity index (χ1n) is 5.66. The molecule has 7 heteroatoms. The summed E-state index contributed by atoms with van der Waals surface area (Å²) in [6.07, 6.45) is -4.52. The van der Waals surface area contributed by atoms with E-state index >= 15 is 0 Å². The zero-order valence-corrected chi connectivity index (χ0v) is 11.7. The second-order valence-corrected chi connectivity index (χ2v) is 5.14. The lowest BCUT2D eigenvalue weighted by Crippen LogP contribution is -2.41. The highest BCUT2D eigenvalue weighted by molar-refractivity contribution is 6.13. The summed E-state index contributed by atoms with van der Waals surface area (Å²) in [5.74, 6) is -0.413. The molecule has 0 saturated heterocycles. The van der Waals surface area contributed by atoms with Crippen LogP contribution in [0.2, 0.25) is 0 Å². The van der Waals surface area contributed by atoms with Crippen LogP contribution in [0.1, 0.15) is 16.7 Å². The van der Waals surface area contributed by atoms with Crippen LogP contribution in [0.25, 0.3) is 0 Å². The maximum Gasteiger partial charge on any atom is 0.416 e. The molecular formula is C12H16F3N2OSi. The van der Waals surface area contributed by atoms with Crippen LogP contribution in [0.4, 0.5) is 13.2 Å². The monoisotopic (exact) mass is 289 g/mol. The van der Waals surface area contributed by atoms with E-state index < -0.39 is 23.0 Å². The molecule has 0 aliphatic rings. The standard InChI is InChI=1S/C12H16F3N2OSi/c1-17(2)10(6-16)11(19)8-4-3-7(18)5-9(8)12(13,14)15/h3-5,10-11,18H,6,16H2,1-2H3/t10-,11?/m1/s1. The molecule has 0 amide bonds. The van der Waals surface area contributed by atoms with Crippen molar-refractivity contribution in [3.8, 4) is 5.75 Å². The zero-order chi connectivity index (χ0) is 14.8. The Bertz CT molecular complexity index is 437. The van der Waals surface area contributed by atoms with E-state index in [0.717, 1.165) is 6.07 Å². The number of alkyl halides is 3. The minimum atomic E-state index is -4.52. The Balaban J connectivity index is 3.26. The number of benzene rings is 1.